The Bertz CT molecular complexity index is 1160. The topological polar surface area (TPSA) is 0 Å². The van der Waals surface area contributed by atoms with Gasteiger partial charge in [0.2, 0.25) is 0 Å². The third kappa shape index (κ3) is 4.95. The molecule has 3 aliphatic rings. The fourth-order valence-corrected chi connectivity index (χ4v) is 12.0. The van der Waals surface area contributed by atoms with Gasteiger partial charge in [0, 0.05) is 0 Å². The second-order valence-corrected chi connectivity index (χ2v) is 13.7. The zero-order valence-corrected chi connectivity index (χ0v) is 22.9. The van der Waals surface area contributed by atoms with Crippen LogP contribution in [0.4, 0.5) is 0 Å². The normalized spacial score (nSPS) is 22.0. The number of halogens is 2. The third-order valence-electron chi connectivity index (χ3n) is 7.08. The number of hydrogen-bond acceptors (Lipinski definition) is 0. The first-order chi connectivity index (χ1) is 15.9. The molecule has 6 rings (SSSR count). The maximum atomic E-state index is 2.57. The van der Waals surface area contributed by atoms with Crippen LogP contribution in [0.15, 0.2) is 114 Å². The molecule has 0 aliphatic heterocycles. The molecule has 3 unspecified atom stereocenters. The van der Waals surface area contributed by atoms with Gasteiger partial charge in [-0.2, -0.15) is 0 Å². The second kappa shape index (κ2) is 11.6. The van der Waals surface area contributed by atoms with E-state index in [0.29, 0.717) is 4.22 Å². The van der Waals surface area contributed by atoms with E-state index in [0.717, 1.165) is 10.1 Å². The Morgan fingerprint density at radius 1 is 0.735 bits per heavy atom. The SMILES string of the molecule is C1=CCC2CC[CH]([Ti+2][CH]3C(P(c4ccccc4)c4ccccc4)=Cc4ccccc43)C2=C1.[Cl-].[Cl-]. The Morgan fingerprint density at radius 2 is 1.38 bits per heavy atom. The van der Waals surface area contributed by atoms with Crippen molar-refractivity contribution in [1.82, 2.24) is 0 Å². The van der Waals surface area contributed by atoms with Gasteiger partial charge in [0.1, 0.15) is 0 Å². The summed E-state index contributed by atoms with van der Waals surface area (Å²) in [4.78, 5) is 0. The number of allylic oxidation sites excluding steroid dienone is 5. The zero-order valence-electron chi connectivity index (χ0n) is 18.9. The molecule has 0 radical (unpaired) electrons. The molecule has 0 bridgehead atoms. The number of benzene rings is 3. The van der Waals surface area contributed by atoms with Crippen molar-refractivity contribution in [2.75, 3.05) is 0 Å². The molecule has 0 nitrogen and oxygen atoms in total. The Balaban J connectivity index is 0.00000137. The predicted molar refractivity (Wildman–Crippen MR) is 135 cm³/mol. The average Bonchev–Trinajstić information content (AvgIpc) is 3.43. The molecule has 0 spiro atoms. The molecule has 0 saturated heterocycles. The van der Waals surface area contributed by atoms with Gasteiger partial charge in [0.15, 0.2) is 0 Å². The van der Waals surface area contributed by atoms with E-state index in [4.69, 9.17) is 0 Å². The summed E-state index contributed by atoms with van der Waals surface area (Å²) in [6.07, 6.45) is 13.8. The van der Waals surface area contributed by atoms with Gasteiger partial charge in [-0.1, -0.05) is 0 Å². The van der Waals surface area contributed by atoms with E-state index in [1.54, 1.807) is 16.5 Å². The Kier molecular flexibility index (Phi) is 8.73. The van der Waals surface area contributed by atoms with Crippen LogP contribution in [-0.4, -0.2) is 0 Å². The molecule has 170 valence electrons. The van der Waals surface area contributed by atoms with Crippen molar-refractivity contribution in [2.45, 2.75) is 27.7 Å². The van der Waals surface area contributed by atoms with Crippen LogP contribution >= 0.6 is 7.92 Å². The molecule has 1 saturated carbocycles. The van der Waals surface area contributed by atoms with Crippen LogP contribution in [-0.2, 0) is 19.2 Å². The summed E-state index contributed by atoms with van der Waals surface area (Å²) in [5.74, 6) is 0.822. The quantitative estimate of drug-likeness (QED) is 0.341. The minimum Gasteiger partial charge on any atom is -1.00 e. The number of rotatable bonds is 5. The van der Waals surface area contributed by atoms with Crippen LogP contribution in [0.1, 0.15) is 34.6 Å². The fraction of sp³-hybridized carbons (Fsp3) is 0.200. The first kappa shape index (κ1) is 25.7. The van der Waals surface area contributed by atoms with E-state index < -0.39 is 7.92 Å². The van der Waals surface area contributed by atoms with Gasteiger partial charge in [-0.3, -0.25) is 0 Å². The Labute approximate surface area is 226 Å². The monoisotopic (exact) mass is 536 g/mol. The van der Waals surface area contributed by atoms with Crippen LogP contribution in [0.3, 0.4) is 0 Å². The van der Waals surface area contributed by atoms with E-state index in [2.05, 4.69) is 109 Å². The largest absolute Gasteiger partial charge is 1.00 e. The van der Waals surface area contributed by atoms with Crippen molar-refractivity contribution >= 4 is 24.6 Å². The van der Waals surface area contributed by atoms with Crippen molar-refractivity contribution in [3.05, 3.63) is 125 Å². The maximum Gasteiger partial charge on any atom is -1.00 e. The fourth-order valence-electron chi connectivity index (χ4n) is 5.57. The summed E-state index contributed by atoms with van der Waals surface area (Å²) < 4.78 is 1.47. The molecule has 0 aromatic heterocycles. The third-order valence-corrected chi connectivity index (χ3v) is 13.1. The molecular weight excluding hydrogens is 510 g/mol. The van der Waals surface area contributed by atoms with Crippen molar-refractivity contribution in [2.24, 2.45) is 5.92 Å². The van der Waals surface area contributed by atoms with Crippen LogP contribution in [0, 0.1) is 5.92 Å². The second-order valence-electron chi connectivity index (χ2n) is 8.96. The first-order valence-corrected chi connectivity index (χ1v) is 14.9. The Morgan fingerprint density at radius 3 is 2.09 bits per heavy atom. The Hall–Kier alpha value is -1.40. The molecule has 3 aromatic rings. The summed E-state index contributed by atoms with van der Waals surface area (Å²) in [6.45, 7) is 0. The van der Waals surface area contributed by atoms with Crippen LogP contribution in [0.2, 0.25) is 4.22 Å². The van der Waals surface area contributed by atoms with Gasteiger partial charge in [-0.15, -0.1) is 0 Å². The molecule has 4 heteroatoms. The van der Waals surface area contributed by atoms with Crippen LogP contribution < -0.4 is 35.4 Å². The molecule has 0 amide bonds. The zero-order chi connectivity index (χ0) is 21.3. The molecule has 3 aliphatic carbocycles. The van der Waals surface area contributed by atoms with Gasteiger partial charge in [-0.05, 0) is 0 Å². The summed E-state index contributed by atoms with van der Waals surface area (Å²) in [7, 11) is -0.518. The molecule has 34 heavy (non-hydrogen) atoms. The van der Waals surface area contributed by atoms with Crippen molar-refractivity contribution in [1.29, 1.82) is 0 Å². The average molecular weight is 537 g/mol. The van der Waals surface area contributed by atoms with Gasteiger partial charge in [0.05, 0.1) is 0 Å². The molecule has 3 atom stereocenters. The maximum absolute atomic E-state index is 2.57. The van der Waals surface area contributed by atoms with Gasteiger partial charge >= 0.3 is 203 Å². The van der Waals surface area contributed by atoms with Crippen LogP contribution in [0.5, 0.6) is 0 Å². The van der Waals surface area contributed by atoms with Crippen LogP contribution in [0.25, 0.3) is 6.08 Å². The molecule has 3 aromatic carbocycles. The minimum absolute atomic E-state index is 0. The van der Waals surface area contributed by atoms with E-state index in [-0.39, 0.29) is 44.0 Å². The van der Waals surface area contributed by atoms with E-state index >= 15 is 0 Å². The molecule has 1 fully saturated rings. The van der Waals surface area contributed by atoms with Crippen molar-refractivity contribution in [3.8, 4) is 0 Å². The molecule has 0 heterocycles. The van der Waals surface area contributed by atoms with E-state index in [9.17, 15) is 0 Å². The standard InChI is InChI=1S/C21H16P.C9H11.2ClH.Ti/c1-3-11-19(12-4-1)22(20-13-5-2-6-14-20)21-15-17-9-7-8-10-18(17)16-21;1-2-5-9-7-3-6-8(9)4-1;;;/h1-16H;1-2,4,6,9H,3,5,7H2;2*1H;/q;;;;+2/p-2. The number of hydrogen-bond donors (Lipinski definition) is 0. The molecular formula is C30H27Cl2PTi. The van der Waals surface area contributed by atoms with E-state index in [1.807, 2.05) is 0 Å². The first-order valence-electron chi connectivity index (χ1n) is 11.7. The summed E-state index contributed by atoms with van der Waals surface area (Å²) in [5, 5.41) is 4.65. The summed E-state index contributed by atoms with van der Waals surface area (Å²) in [5.41, 5.74) is 4.83. The predicted octanol–water partition coefficient (Wildman–Crippen LogP) is 1.39. The van der Waals surface area contributed by atoms with Crippen molar-refractivity contribution < 1.29 is 44.0 Å². The smallest absolute Gasteiger partial charge is 1.00 e. The van der Waals surface area contributed by atoms with Gasteiger partial charge < -0.3 is 24.8 Å². The van der Waals surface area contributed by atoms with Crippen molar-refractivity contribution in [3.63, 3.8) is 0 Å². The minimum atomic E-state index is -0.518. The van der Waals surface area contributed by atoms with Gasteiger partial charge in [-0.25, -0.2) is 0 Å². The number of fused-ring (bicyclic) bond motifs is 2. The van der Waals surface area contributed by atoms with Gasteiger partial charge in [0.25, 0.3) is 0 Å². The summed E-state index contributed by atoms with van der Waals surface area (Å²) >= 11 is -0.203. The van der Waals surface area contributed by atoms with E-state index in [1.165, 1.54) is 35.4 Å². The molecule has 0 N–H and O–H groups in total. The summed E-state index contributed by atoms with van der Waals surface area (Å²) in [6, 6.07) is 31.7.